The molecule has 0 aromatic carbocycles. The molecule has 0 radical (unpaired) electrons. The van der Waals surface area contributed by atoms with Crippen LogP contribution in [0.2, 0.25) is 0 Å². The molecule has 0 spiro atoms. The van der Waals surface area contributed by atoms with Crippen LogP contribution in [0, 0.1) is 0 Å². The molecule has 0 bridgehead atoms. The van der Waals surface area contributed by atoms with Crippen molar-refractivity contribution in [2.45, 2.75) is 43.9 Å². The predicted molar refractivity (Wildman–Crippen MR) is 68.7 cm³/mol. The second-order valence-electron chi connectivity index (χ2n) is 3.81. The molecule has 0 aromatic rings. The molecule has 0 aliphatic carbocycles. The highest BCUT2D eigenvalue weighted by Gasteiger charge is 2.24. The maximum Gasteiger partial charge on any atom is 0.322 e. The van der Waals surface area contributed by atoms with Gasteiger partial charge in [0.25, 0.3) is 0 Å². The normalized spacial score (nSPS) is 10.7. The number of ether oxygens (including phenoxy) is 1. The van der Waals surface area contributed by atoms with Crippen molar-refractivity contribution in [3.8, 4) is 0 Å². The van der Waals surface area contributed by atoms with Crippen LogP contribution in [-0.4, -0.2) is 23.4 Å². The molecule has 0 aliphatic rings. The highest BCUT2D eigenvalue weighted by atomic mass is 79.9. The SMILES string of the molecule is CC(C)(Br)C(=O)OCCCCCCN.Cl. The smallest absolute Gasteiger partial charge is 0.322 e. The van der Waals surface area contributed by atoms with Crippen LogP contribution >= 0.6 is 28.3 Å². The van der Waals surface area contributed by atoms with Crippen molar-refractivity contribution in [3.05, 3.63) is 0 Å². The number of alkyl halides is 1. The zero-order valence-electron chi connectivity index (χ0n) is 9.42. The van der Waals surface area contributed by atoms with Gasteiger partial charge in [0, 0.05) is 0 Å². The molecule has 92 valence electrons. The van der Waals surface area contributed by atoms with Crippen molar-refractivity contribution >= 4 is 34.3 Å². The van der Waals surface area contributed by atoms with Crippen LogP contribution in [0.15, 0.2) is 0 Å². The number of hydrogen-bond donors (Lipinski definition) is 1. The maximum atomic E-state index is 11.3. The molecule has 0 aliphatic heterocycles. The first kappa shape index (κ1) is 17.6. The van der Waals surface area contributed by atoms with Gasteiger partial charge in [-0.15, -0.1) is 12.4 Å². The molecule has 15 heavy (non-hydrogen) atoms. The van der Waals surface area contributed by atoms with E-state index in [0.717, 1.165) is 32.2 Å². The Morgan fingerprint density at radius 3 is 2.27 bits per heavy atom. The van der Waals surface area contributed by atoms with E-state index in [1.165, 1.54) is 0 Å². The number of esters is 1. The van der Waals surface area contributed by atoms with Crippen LogP contribution < -0.4 is 5.73 Å². The van der Waals surface area contributed by atoms with Gasteiger partial charge in [-0.1, -0.05) is 28.8 Å². The van der Waals surface area contributed by atoms with Gasteiger partial charge in [0.15, 0.2) is 0 Å². The summed E-state index contributed by atoms with van der Waals surface area (Å²) in [6.07, 6.45) is 4.17. The molecule has 0 heterocycles. The molecule has 2 N–H and O–H groups in total. The monoisotopic (exact) mass is 301 g/mol. The fraction of sp³-hybridized carbons (Fsp3) is 0.900. The lowest BCUT2D eigenvalue weighted by Crippen LogP contribution is -2.26. The fourth-order valence-corrected chi connectivity index (χ4v) is 1.05. The van der Waals surface area contributed by atoms with Gasteiger partial charge < -0.3 is 10.5 Å². The van der Waals surface area contributed by atoms with E-state index < -0.39 is 4.32 Å². The van der Waals surface area contributed by atoms with Gasteiger partial charge in [-0.25, -0.2) is 0 Å². The van der Waals surface area contributed by atoms with Crippen molar-refractivity contribution in [3.63, 3.8) is 0 Å². The van der Waals surface area contributed by atoms with Crippen molar-refractivity contribution in [1.29, 1.82) is 0 Å². The number of halogens is 2. The summed E-state index contributed by atoms with van der Waals surface area (Å²) in [5.74, 6) is -0.198. The van der Waals surface area contributed by atoms with E-state index in [1.807, 2.05) is 0 Å². The number of rotatable bonds is 7. The van der Waals surface area contributed by atoms with Crippen LogP contribution in [-0.2, 0) is 9.53 Å². The number of nitrogens with two attached hydrogens (primary N) is 1. The van der Waals surface area contributed by atoms with Crippen molar-refractivity contribution in [1.82, 2.24) is 0 Å². The summed E-state index contributed by atoms with van der Waals surface area (Å²) < 4.78 is 4.50. The molecule has 0 unspecified atom stereocenters. The summed E-state index contributed by atoms with van der Waals surface area (Å²) >= 11 is 3.25. The molecule has 3 nitrogen and oxygen atoms in total. The minimum Gasteiger partial charge on any atom is -0.465 e. The predicted octanol–water partition coefficient (Wildman–Crippen LogP) is 2.64. The Morgan fingerprint density at radius 1 is 1.27 bits per heavy atom. The third-order valence-corrected chi connectivity index (χ3v) is 2.14. The van der Waals surface area contributed by atoms with E-state index in [4.69, 9.17) is 10.5 Å². The molecule has 0 amide bonds. The summed E-state index contributed by atoms with van der Waals surface area (Å²) in [5, 5.41) is 0. The van der Waals surface area contributed by atoms with E-state index >= 15 is 0 Å². The van der Waals surface area contributed by atoms with Crippen LogP contribution in [0.3, 0.4) is 0 Å². The molecule has 0 rings (SSSR count). The zero-order chi connectivity index (χ0) is 11.0. The van der Waals surface area contributed by atoms with E-state index in [1.54, 1.807) is 13.8 Å². The quantitative estimate of drug-likeness (QED) is 0.447. The fourth-order valence-electron chi connectivity index (χ4n) is 0.936. The molecule has 0 atom stereocenters. The number of carbonyl (C=O) groups is 1. The third kappa shape index (κ3) is 10.5. The van der Waals surface area contributed by atoms with Gasteiger partial charge in [-0.3, -0.25) is 4.79 Å². The van der Waals surface area contributed by atoms with Crippen LogP contribution in [0.1, 0.15) is 39.5 Å². The summed E-state index contributed by atoms with van der Waals surface area (Å²) in [5.41, 5.74) is 5.36. The lowest BCUT2D eigenvalue weighted by Gasteiger charge is -2.14. The lowest BCUT2D eigenvalue weighted by molar-refractivity contribution is -0.145. The summed E-state index contributed by atoms with van der Waals surface area (Å²) in [6, 6.07) is 0. The molecule has 0 fully saturated rings. The highest BCUT2D eigenvalue weighted by Crippen LogP contribution is 2.17. The van der Waals surface area contributed by atoms with Crippen molar-refractivity contribution in [2.24, 2.45) is 5.73 Å². The van der Waals surface area contributed by atoms with Gasteiger partial charge in [0.05, 0.1) is 6.61 Å². The van der Waals surface area contributed by atoms with Gasteiger partial charge in [-0.2, -0.15) is 0 Å². The van der Waals surface area contributed by atoms with Gasteiger partial charge in [-0.05, 0) is 33.2 Å². The highest BCUT2D eigenvalue weighted by molar-refractivity contribution is 9.10. The first-order chi connectivity index (χ1) is 6.48. The number of unbranched alkanes of at least 4 members (excludes halogenated alkanes) is 3. The first-order valence-corrected chi connectivity index (χ1v) is 5.84. The Bertz CT molecular complexity index is 171. The van der Waals surface area contributed by atoms with E-state index in [-0.39, 0.29) is 18.4 Å². The van der Waals surface area contributed by atoms with E-state index in [0.29, 0.717) is 6.61 Å². The Hall–Kier alpha value is 0.200. The summed E-state index contributed by atoms with van der Waals surface area (Å²) in [6.45, 7) is 4.82. The second-order valence-corrected chi connectivity index (χ2v) is 5.79. The topological polar surface area (TPSA) is 52.3 Å². The Morgan fingerprint density at radius 2 is 1.80 bits per heavy atom. The van der Waals surface area contributed by atoms with Crippen molar-refractivity contribution in [2.75, 3.05) is 13.2 Å². The lowest BCUT2D eigenvalue weighted by atomic mass is 10.2. The minimum atomic E-state index is -0.565. The van der Waals surface area contributed by atoms with E-state index in [2.05, 4.69) is 15.9 Å². The van der Waals surface area contributed by atoms with Crippen LogP contribution in [0.4, 0.5) is 0 Å². The minimum absolute atomic E-state index is 0. The Kier molecular flexibility index (Phi) is 11.1. The van der Waals surface area contributed by atoms with Gasteiger partial charge in [0.2, 0.25) is 0 Å². The number of carbonyl (C=O) groups excluding carboxylic acids is 1. The third-order valence-electron chi connectivity index (χ3n) is 1.82. The molecular weight excluding hydrogens is 281 g/mol. The van der Waals surface area contributed by atoms with E-state index in [9.17, 15) is 4.79 Å². The molecular formula is C10H21BrClNO2. The standard InChI is InChI=1S/C10H20BrNO2.ClH/c1-10(2,11)9(13)14-8-6-4-3-5-7-12;/h3-8,12H2,1-2H3;1H. The van der Waals surface area contributed by atoms with Crippen LogP contribution in [0.5, 0.6) is 0 Å². The Balaban J connectivity index is 0. The zero-order valence-corrected chi connectivity index (χ0v) is 11.8. The van der Waals surface area contributed by atoms with Crippen LogP contribution in [0.25, 0.3) is 0 Å². The summed E-state index contributed by atoms with van der Waals surface area (Å²) in [4.78, 5) is 11.3. The number of hydrogen-bond acceptors (Lipinski definition) is 3. The first-order valence-electron chi connectivity index (χ1n) is 5.04. The molecule has 0 saturated carbocycles. The second kappa shape index (κ2) is 9.43. The van der Waals surface area contributed by atoms with Gasteiger partial charge in [0.1, 0.15) is 4.32 Å². The molecule has 0 saturated heterocycles. The molecule has 0 aromatic heterocycles. The average Bonchev–Trinajstić information content (AvgIpc) is 2.09. The largest absolute Gasteiger partial charge is 0.465 e. The average molecular weight is 303 g/mol. The molecule has 5 heteroatoms. The van der Waals surface area contributed by atoms with Crippen molar-refractivity contribution < 1.29 is 9.53 Å². The maximum absolute atomic E-state index is 11.3. The summed E-state index contributed by atoms with van der Waals surface area (Å²) in [7, 11) is 0. The van der Waals surface area contributed by atoms with Gasteiger partial charge >= 0.3 is 5.97 Å². The Labute approximate surface area is 107 Å².